The highest BCUT2D eigenvalue weighted by Crippen LogP contribution is 2.29. The van der Waals surface area contributed by atoms with Crippen LogP contribution in [0.1, 0.15) is 24.8 Å². The minimum Gasteiger partial charge on any atom is -0.493 e. The molecule has 2 aliphatic heterocycles. The first-order chi connectivity index (χ1) is 11.8. The summed E-state index contributed by atoms with van der Waals surface area (Å²) in [6.07, 6.45) is 3.94. The summed E-state index contributed by atoms with van der Waals surface area (Å²) in [5.41, 5.74) is 1.29. The topological polar surface area (TPSA) is 34.2 Å². The molecule has 24 heavy (non-hydrogen) atoms. The number of likely N-dealkylation sites (tertiary alicyclic amines) is 1. The maximum Gasteiger partial charge on any atom is 0.161 e. The van der Waals surface area contributed by atoms with E-state index >= 15 is 0 Å². The molecule has 0 N–H and O–H groups in total. The van der Waals surface area contributed by atoms with Crippen LogP contribution in [0, 0.1) is 0 Å². The summed E-state index contributed by atoms with van der Waals surface area (Å²) >= 11 is 0. The maximum atomic E-state index is 5.48. The summed E-state index contributed by atoms with van der Waals surface area (Å²) in [5.74, 6) is 1.61. The Morgan fingerprint density at radius 2 is 1.83 bits per heavy atom. The Kier molecular flexibility index (Phi) is 6.35. The van der Waals surface area contributed by atoms with Crippen molar-refractivity contribution in [2.45, 2.75) is 31.8 Å². The van der Waals surface area contributed by atoms with Crippen LogP contribution in [0.3, 0.4) is 0 Å². The molecule has 0 aromatic heterocycles. The van der Waals surface area contributed by atoms with Crippen LogP contribution in [0.2, 0.25) is 0 Å². The van der Waals surface area contributed by atoms with Gasteiger partial charge in [0.15, 0.2) is 11.5 Å². The first-order valence-corrected chi connectivity index (χ1v) is 9.05. The molecule has 0 bridgehead atoms. The van der Waals surface area contributed by atoms with Gasteiger partial charge in [0, 0.05) is 32.2 Å². The lowest BCUT2D eigenvalue weighted by molar-refractivity contribution is 0.0153. The third-order valence-electron chi connectivity index (χ3n) is 5.16. The smallest absolute Gasteiger partial charge is 0.161 e. The Labute approximate surface area is 145 Å². The van der Waals surface area contributed by atoms with E-state index in [0.717, 1.165) is 50.9 Å². The van der Waals surface area contributed by atoms with Crippen molar-refractivity contribution in [1.29, 1.82) is 0 Å². The highest BCUT2D eigenvalue weighted by Gasteiger charge is 2.25. The summed E-state index contributed by atoms with van der Waals surface area (Å²) in [4.78, 5) is 5.20. The molecule has 0 aliphatic carbocycles. The summed E-state index contributed by atoms with van der Waals surface area (Å²) in [5, 5.41) is 0. The molecule has 2 fully saturated rings. The second-order valence-corrected chi connectivity index (χ2v) is 6.72. The van der Waals surface area contributed by atoms with Crippen LogP contribution >= 0.6 is 0 Å². The molecule has 0 radical (unpaired) electrons. The molecule has 5 nitrogen and oxygen atoms in total. The Morgan fingerprint density at radius 3 is 2.58 bits per heavy atom. The van der Waals surface area contributed by atoms with E-state index in [9.17, 15) is 0 Å². The molecular formula is C19H30N2O3. The molecular weight excluding hydrogens is 304 g/mol. The van der Waals surface area contributed by atoms with Crippen molar-refractivity contribution in [3.8, 4) is 11.5 Å². The van der Waals surface area contributed by atoms with Crippen LogP contribution in [-0.2, 0) is 11.3 Å². The van der Waals surface area contributed by atoms with Gasteiger partial charge in [-0.15, -0.1) is 0 Å². The Balaban J connectivity index is 1.64. The van der Waals surface area contributed by atoms with Gasteiger partial charge in [-0.1, -0.05) is 12.5 Å². The predicted octanol–water partition coefficient (Wildman–Crippen LogP) is 2.39. The number of piperidine rings is 1. The zero-order valence-electron chi connectivity index (χ0n) is 15.0. The van der Waals surface area contributed by atoms with Gasteiger partial charge < -0.3 is 14.2 Å². The van der Waals surface area contributed by atoms with Crippen LogP contribution < -0.4 is 9.47 Å². The summed E-state index contributed by atoms with van der Waals surface area (Å²) in [6, 6.07) is 6.92. The number of ether oxygens (including phenoxy) is 3. The molecule has 2 aliphatic rings. The molecule has 1 atom stereocenters. The molecule has 1 aromatic carbocycles. The van der Waals surface area contributed by atoms with Gasteiger partial charge in [0.1, 0.15) is 0 Å². The highest BCUT2D eigenvalue weighted by molar-refractivity contribution is 5.42. The fourth-order valence-electron chi connectivity index (χ4n) is 3.77. The summed E-state index contributed by atoms with van der Waals surface area (Å²) in [6.45, 7) is 7.22. The molecule has 0 amide bonds. The molecule has 134 valence electrons. The van der Waals surface area contributed by atoms with Crippen LogP contribution in [-0.4, -0.2) is 69.5 Å². The van der Waals surface area contributed by atoms with Crippen molar-refractivity contribution < 1.29 is 14.2 Å². The van der Waals surface area contributed by atoms with Gasteiger partial charge in [-0.2, -0.15) is 0 Å². The molecule has 2 saturated heterocycles. The monoisotopic (exact) mass is 334 g/mol. The molecule has 0 unspecified atom stereocenters. The maximum absolute atomic E-state index is 5.48. The van der Waals surface area contributed by atoms with Crippen LogP contribution in [0.25, 0.3) is 0 Å². The standard InChI is InChI=1S/C19H30N2O3/c1-22-18-7-6-16(13-19(18)23-2)14-21-8-4-3-5-17(21)15-20-9-11-24-12-10-20/h6-7,13,17H,3-5,8-12,14-15H2,1-2H3/t17-/m0/s1. The Hall–Kier alpha value is -1.30. The van der Waals surface area contributed by atoms with E-state index in [1.54, 1.807) is 14.2 Å². The van der Waals surface area contributed by atoms with Gasteiger partial charge >= 0.3 is 0 Å². The zero-order chi connectivity index (χ0) is 16.8. The normalized spacial score (nSPS) is 23.2. The molecule has 1 aromatic rings. The van der Waals surface area contributed by atoms with Crippen LogP contribution in [0.15, 0.2) is 18.2 Å². The van der Waals surface area contributed by atoms with E-state index in [1.165, 1.54) is 31.4 Å². The number of benzene rings is 1. The van der Waals surface area contributed by atoms with Gasteiger partial charge in [0.25, 0.3) is 0 Å². The van der Waals surface area contributed by atoms with Gasteiger partial charge in [-0.25, -0.2) is 0 Å². The minimum absolute atomic E-state index is 0.643. The first-order valence-electron chi connectivity index (χ1n) is 9.05. The number of morpholine rings is 1. The van der Waals surface area contributed by atoms with Crippen LogP contribution in [0.5, 0.6) is 11.5 Å². The summed E-state index contributed by atoms with van der Waals surface area (Å²) in [7, 11) is 3.38. The largest absolute Gasteiger partial charge is 0.493 e. The summed E-state index contributed by atoms with van der Waals surface area (Å²) < 4.78 is 16.3. The van der Waals surface area contributed by atoms with Gasteiger partial charge in [0.2, 0.25) is 0 Å². The van der Waals surface area contributed by atoms with E-state index in [-0.39, 0.29) is 0 Å². The predicted molar refractivity (Wildman–Crippen MR) is 94.9 cm³/mol. The number of hydrogen-bond donors (Lipinski definition) is 0. The second-order valence-electron chi connectivity index (χ2n) is 6.72. The zero-order valence-corrected chi connectivity index (χ0v) is 15.0. The number of rotatable bonds is 6. The van der Waals surface area contributed by atoms with E-state index in [0.29, 0.717) is 6.04 Å². The molecule has 3 rings (SSSR count). The molecule has 0 spiro atoms. The lowest BCUT2D eigenvalue weighted by atomic mass is 10.00. The van der Waals surface area contributed by atoms with Gasteiger partial charge in [-0.05, 0) is 37.1 Å². The number of hydrogen-bond acceptors (Lipinski definition) is 5. The Bertz CT molecular complexity index is 517. The van der Waals surface area contributed by atoms with Crippen LogP contribution in [0.4, 0.5) is 0 Å². The fourth-order valence-corrected chi connectivity index (χ4v) is 3.77. The number of nitrogens with zero attached hydrogens (tertiary/aromatic N) is 2. The van der Waals surface area contributed by atoms with Gasteiger partial charge in [0.05, 0.1) is 27.4 Å². The molecule has 2 heterocycles. The second kappa shape index (κ2) is 8.70. The lowest BCUT2D eigenvalue weighted by Crippen LogP contribution is -2.49. The third kappa shape index (κ3) is 4.41. The number of methoxy groups -OCH3 is 2. The first kappa shape index (κ1) is 17.5. The SMILES string of the molecule is COc1ccc(CN2CCCC[C@H]2CN2CCOCC2)cc1OC. The van der Waals surface area contributed by atoms with Crippen molar-refractivity contribution in [3.63, 3.8) is 0 Å². The molecule has 0 saturated carbocycles. The average Bonchev–Trinajstić information content (AvgIpc) is 2.64. The van der Waals surface area contributed by atoms with E-state index in [4.69, 9.17) is 14.2 Å². The van der Waals surface area contributed by atoms with Crippen molar-refractivity contribution in [3.05, 3.63) is 23.8 Å². The van der Waals surface area contributed by atoms with Crippen molar-refractivity contribution >= 4 is 0 Å². The van der Waals surface area contributed by atoms with Crippen molar-refractivity contribution in [2.75, 3.05) is 53.6 Å². The van der Waals surface area contributed by atoms with E-state index in [1.807, 2.05) is 6.07 Å². The molecule has 5 heteroatoms. The average molecular weight is 334 g/mol. The van der Waals surface area contributed by atoms with Crippen molar-refractivity contribution in [1.82, 2.24) is 9.80 Å². The third-order valence-corrected chi connectivity index (χ3v) is 5.16. The minimum atomic E-state index is 0.643. The fraction of sp³-hybridized carbons (Fsp3) is 0.684. The van der Waals surface area contributed by atoms with Gasteiger partial charge in [-0.3, -0.25) is 9.80 Å². The lowest BCUT2D eigenvalue weighted by Gasteiger charge is -2.39. The van der Waals surface area contributed by atoms with Crippen molar-refractivity contribution in [2.24, 2.45) is 0 Å². The van der Waals surface area contributed by atoms with E-state index < -0.39 is 0 Å². The van der Waals surface area contributed by atoms with E-state index in [2.05, 4.69) is 21.9 Å². The quantitative estimate of drug-likeness (QED) is 0.798. The Morgan fingerprint density at radius 1 is 1.04 bits per heavy atom. The highest BCUT2D eigenvalue weighted by atomic mass is 16.5.